The lowest BCUT2D eigenvalue weighted by Crippen LogP contribution is -2.00. The van der Waals surface area contributed by atoms with Crippen LogP contribution in [0.1, 0.15) is 21.5 Å². The Bertz CT molecular complexity index is 1120. The third-order valence-electron chi connectivity index (χ3n) is 4.84. The van der Waals surface area contributed by atoms with Gasteiger partial charge in [-0.15, -0.1) is 0 Å². The van der Waals surface area contributed by atoms with Crippen molar-refractivity contribution in [1.82, 2.24) is 0 Å². The Balaban J connectivity index is 1.49. The van der Waals surface area contributed by atoms with E-state index >= 15 is 0 Å². The minimum atomic E-state index is -0.133. The molecule has 31 heavy (non-hydrogen) atoms. The highest BCUT2D eigenvalue weighted by Gasteiger charge is 2.14. The normalized spacial score (nSPS) is 12.1. The van der Waals surface area contributed by atoms with E-state index < -0.39 is 0 Å². The largest absolute Gasteiger partial charge is 0.496 e. The number of hydrogen-bond donors (Lipinski definition) is 0. The lowest BCUT2D eigenvalue weighted by atomic mass is 10.1. The van der Waals surface area contributed by atoms with E-state index in [9.17, 15) is 4.79 Å². The molecule has 6 nitrogen and oxygen atoms in total. The maximum absolute atomic E-state index is 12.6. The number of carbonyl (C=O) groups excluding carboxylic acids is 1. The summed E-state index contributed by atoms with van der Waals surface area (Å²) in [6, 6.07) is 18.2. The second kappa shape index (κ2) is 9.26. The Morgan fingerprint density at radius 1 is 0.935 bits per heavy atom. The van der Waals surface area contributed by atoms with Crippen LogP contribution in [0.15, 0.2) is 66.7 Å². The maximum Gasteiger partial charge on any atom is 0.231 e. The van der Waals surface area contributed by atoms with E-state index in [1.165, 1.54) is 6.08 Å². The lowest BCUT2D eigenvalue weighted by molar-refractivity contribution is 0.104. The van der Waals surface area contributed by atoms with Crippen molar-refractivity contribution in [2.45, 2.75) is 6.61 Å². The fourth-order valence-electron chi connectivity index (χ4n) is 3.25. The molecule has 3 aromatic carbocycles. The summed E-state index contributed by atoms with van der Waals surface area (Å²) in [7, 11) is 3.16. The molecule has 4 rings (SSSR count). The zero-order valence-electron chi connectivity index (χ0n) is 17.3. The first-order chi connectivity index (χ1) is 15.2. The molecule has 0 spiro atoms. The van der Waals surface area contributed by atoms with Crippen LogP contribution in [0.25, 0.3) is 6.08 Å². The molecule has 0 radical (unpaired) electrons. The van der Waals surface area contributed by atoms with Crippen molar-refractivity contribution in [2.75, 3.05) is 21.0 Å². The first kappa shape index (κ1) is 20.3. The number of allylic oxidation sites excluding steroid dienone is 1. The zero-order chi connectivity index (χ0) is 21.6. The number of rotatable bonds is 8. The summed E-state index contributed by atoms with van der Waals surface area (Å²) < 4.78 is 27.3. The van der Waals surface area contributed by atoms with Gasteiger partial charge in [0.25, 0.3) is 0 Å². The fourth-order valence-corrected chi connectivity index (χ4v) is 3.25. The highest BCUT2D eigenvalue weighted by atomic mass is 16.7. The van der Waals surface area contributed by atoms with E-state index in [-0.39, 0.29) is 12.6 Å². The predicted molar refractivity (Wildman–Crippen MR) is 116 cm³/mol. The summed E-state index contributed by atoms with van der Waals surface area (Å²) in [6.45, 7) is 0.513. The van der Waals surface area contributed by atoms with Crippen LogP contribution < -0.4 is 23.7 Å². The molecule has 1 aliphatic heterocycles. The lowest BCUT2D eigenvalue weighted by Gasteiger charge is -2.11. The first-order valence-electron chi connectivity index (χ1n) is 9.72. The smallest absolute Gasteiger partial charge is 0.231 e. The number of methoxy groups -OCH3 is 2. The van der Waals surface area contributed by atoms with E-state index in [4.69, 9.17) is 23.7 Å². The minimum absolute atomic E-state index is 0.133. The molecule has 0 bridgehead atoms. The van der Waals surface area contributed by atoms with Gasteiger partial charge < -0.3 is 23.7 Å². The average Bonchev–Trinajstić information content (AvgIpc) is 3.29. The van der Waals surface area contributed by atoms with Gasteiger partial charge in [0.05, 0.1) is 19.8 Å². The Morgan fingerprint density at radius 3 is 2.58 bits per heavy atom. The number of benzene rings is 3. The van der Waals surface area contributed by atoms with Crippen molar-refractivity contribution >= 4 is 11.9 Å². The predicted octanol–water partition coefficient (Wildman–Crippen LogP) is 4.91. The number of fused-ring (bicyclic) bond motifs is 1. The van der Waals surface area contributed by atoms with Crippen molar-refractivity contribution in [3.8, 4) is 28.7 Å². The van der Waals surface area contributed by atoms with Crippen molar-refractivity contribution in [1.29, 1.82) is 0 Å². The summed E-state index contributed by atoms with van der Waals surface area (Å²) >= 11 is 0. The van der Waals surface area contributed by atoms with Gasteiger partial charge in [-0.3, -0.25) is 4.79 Å². The molecule has 0 aliphatic carbocycles. The highest BCUT2D eigenvalue weighted by Crippen LogP contribution is 2.35. The van der Waals surface area contributed by atoms with Crippen LogP contribution in [0.2, 0.25) is 0 Å². The topological polar surface area (TPSA) is 63.2 Å². The van der Waals surface area contributed by atoms with Crippen LogP contribution in [-0.2, 0) is 6.61 Å². The number of ether oxygens (including phenoxy) is 5. The quantitative estimate of drug-likeness (QED) is 0.383. The zero-order valence-corrected chi connectivity index (χ0v) is 17.3. The van der Waals surface area contributed by atoms with Crippen LogP contribution >= 0.6 is 0 Å². The molecule has 158 valence electrons. The highest BCUT2D eigenvalue weighted by molar-refractivity contribution is 6.08. The molecular weight excluding hydrogens is 396 g/mol. The summed E-state index contributed by atoms with van der Waals surface area (Å²) in [5.74, 6) is 3.15. The van der Waals surface area contributed by atoms with E-state index in [2.05, 4.69) is 0 Å². The Kier molecular flexibility index (Phi) is 6.08. The van der Waals surface area contributed by atoms with Crippen LogP contribution in [0, 0.1) is 0 Å². The van der Waals surface area contributed by atoms with Gasteiger partial charge in [-0.05, 0) is 48.0 Å². The number of carbonyl (C=O) groups is 1. The third kappa shape index (κ3) is 4.64. The Hall–Kier alpha value is -3.93. The summed E-state index contributed by atoms with van der Waals surface area (Å²) in [6.07, 6.45) is 3.29. The second-order valence-corrected chi connectivity index (χ2v) is 6.77. The standard InChI is InChI=1S/C25H22O6/c1-27-22-11-8-17(7-10-21(26)20-5-3-4-6-23(20)28-2)13-18(22)15-29-19-9-12-24-25(14-19)31-16-30-24/h3-14H,15-16H2,1-2H3/b10-7+. The molecule has 3 aromatic rings. The summed E-state index contributed by atoms with van der Waals surface area (Å²) in [5, 5.41) is 0. The molecule has 0 atom stereocenters. The molecule has 0 aromatic heterocycles. The molecule has 0 saturated carbocycles. The average molecular weight is 418 g/mol. The van der Waals surface area contributed by atoms with Gasteiger partial charge in [0.15, 0.2) is 17.3 Å². The Morgan fingerprint density at radius 2 is 1.74 bits per heavy atom. The van der Waals surface area contributed by atoms with Gasteiger partial charge in [0.2, 0.25) is 6.79 Å². The first-order valence-corrected chi connectivity index (χ1v) is 9.72. The van der Waals surface area contributed by atoms with E-state index in [0.717, 1.165) is 11.1 Å². The van der Waals surface area contributed by atoms with Crippen molar-refractivity contribution < 1.29 is 28.5 Å². The molecule has 0 N–H and O–H groups in total. The second-order valence-electron chi connectivity index (χ2n) is 6.77. The Labute approximate surface area is 180 Å². The van der Waals surface area contributed by atoms with Gasteiger partial charge in [-0.25, -0.2) is 0 Å². The van der Waals surface area contributed by atoms with Gasteiger partial charge >= 0.3 is 0 Å². The minimum Gasteiger partial charge on any atom is -0.496 e. The van der Waals surface area contributed by atoms with Crippen LogP contribution in [0.5, 0.6) is 28.7 Å². The molecule has 1 heterocycles. The van der Waals surface area contributed by atoms with Crippen molar-refractivity contribution in [3.63, 3.8) is 0 Å². The van der Waals surface area contributed by atoms with Gasteiger partial charge in [-0.1, -0.05) is 24.3 Å². The van der Waals surface area contributed by atoms with Crippen LogP contribution in [0.3, 0.4) is 0 Å². The number of ketones is 1. The van der Waals surface area contributed by atoms with Crippen molar-refractivity contribution in [2.24, 2.45) is 0 Å². The van der Waals surface area contributed by atoms with E-state index in [0.29, 0.717) is 40.9 Å². The van der Waals surface area contributed by atoms with Gasteiger partial charge in [0.1, 0.15) is 23.9 Å². The molecule has 0 amide bonds. The van der Waals surface area contributed by atoms with E-state index in [1.54, 1.807) is 38.5 Å². The molecule has 0 fully saturated rings. The number of para-hydroxylation sites is 1. The van der Waals surface area contributed by atoms with Gasteiger partial charge in [0, 0.05) is 11.6 Å². The third-order valence-corrected chi connectivity index (χ3v) is 4.84. The molecule has 0 saturated heterocycles. The molecule has 1 aliphatic rings. The summed E-state index contributed by atoms with van der Waals surface area (Å²) in [5.41, 5.74) is 2.22. The molecule has 6 heteroatoms. The molecule has 0 unspecified atom stereocenters. The van der Waals surface area contributed by atoms with Crippen LogP contribution in [-0.4, -0.2) is 26.8 Å². The maximum atomic E-state index is 12.6. The molecular formula is C25H22O6. The fraction of sp³-hybridized carbons (Fsp3) is 0.160. The number of hydrogen-bond acceptors (Lipinski definition) is 6. The van der Waals surface area contributed by atoms with Gasteiger partial charge in [-0.2, -0.15) is 0 Å². The summed E-state index contributed by atoms with van der Waals surface area (Å²) in [4.78, 5) is 12.6. The van der Waals surface area contributed by atoms with Crippen LogP contribution in [0.4, 0.5) is 0 Å². The monoisotopic (exact) mass is 418 g/mol. The SMILES string of the molecule is COc1ccc(/C=C/C(=O)c2ccccc2OC)cc1COc1ccc2c(c1)OCO2. The van der Waals surface area contributed by atoms with E-state index in [1.807, 2.05) is 42.5 Å². The van der Waals surface area contributed by atoms with Crippen molar-refractivity contribution in [3.05, 3.63) is 83.4 Å².